The third kappa shape index (κ3) is 4.70. The van der Waals surface area contributed by atoms with Gasteiger partial charge in [-0.25, -0.2) is 13.6 Å². The van der Waals surface area contributed by atoms with Gasteiger partial charge in [-0.2, -0.15) is 0 Å². The van der Waals surface area contributed by atoms with E-state index in [1.54, 1.807) is 6.08 Å². The molecule has 0 bridgehead atoms. The van der Waals surface area contributed by atoms with Crippen LogP contribution in [-0.2, 0) is 16.1 Å². The molecule has 1 amide bonds. The van der Waals surface area contributed by atoms with Crippen LogP contribution in [0, 0.1) is 11.6 Å². The van der Waals surface area contributed by atoms with Crippen molar-refractivity contribution in [3.05, 3.63) is 41.0 Å². The lowest BCUT2D eigenvalue weighted by molar-refractivity contribution is -0.132. The van der Waals surface area contributed by atoms with Gasteiger partial charge in [-0.1, -0.05) is 6.08 Å². The molecule has 0 radical (unpaired) electrons. The van der Waals surface area contributed by atoms with Gasteiger partial charge in [0.25, 0.3) is 0 Å². The second-order valence-corrected chi connectivity index (χ2v) is 6.46. The standard InChI is InChI=1S/C16H18F2N2O3S/c1-9(21)19-8-10-6-12(17)15(13(18)7-10)20-24-14-5-3-2-4-11(14)16(22)23/h4,6-7,14,20H,2-3,5,8H2,1H3,(H,19,21)(H,22,23). The number of halogens is 2. The van der Waals surface area contributed by atoms with E-state index in [1.165, 1.54) is 6.92 Å². The van der Waals surface area contributed by atoms with Crippen LogP contribution in [0.4, 0.5) is 14.5 Å². The summed E-state index contributed by atoms with van der Waals surface area (Å²) in [6.07, 6.45) is 3.80. The molecule has 0 aliphatic heterocycles. The molecule has 1 aromatic rings. The van der Waals surface area contributed by atoms with Gasteiger partial charge in [0.1, 0.15) is 5.69 Å². The molecule has 0 aromatic heterocycles. The van der Waals surface area contributed by atoms with Crippen molar-refractivity contribution < 1.29 is 23.5 Å². The summed E-state index contributed by atoms with van der Waals surface area (Å²) >= 11 is 0.990. The average molecular weight is 356 g/mol. The average Bonchev–Trinajstić information content (AvgIpc) is 2.52. The van der Waals surface area contributed by atoms with E-state index in [2.05, 4.69) is 10.0 Å². The van der Waals surface area contributed by atoms with Crippen molar-refractivity contribution >= 4 is 29.5 Å². The molecule has 1 unspecified atom stereocenters. The molecular formula is C16H18F2N2O3S. The number of amides is 1. The largest absolute Gasteiger partial charge is 0.478 e. The normalized spacial score (nSPS) is 17.1. The summed E-state index contributed by atoms with van der Waals surface area (Å²) in [4.78, 5) is 22.0. The molecule has 5 nitrogen and oxygen atoms in total. The number of carbonyl (C=O) groups is 2. The van der Waals surface area contributed by atoms with Crippen LogP contribution in [0.25, 0.3) is 0 Å². The van der Waals surface area contributed by atoms with Crippen LogP contribution in [0.1, 0.15) is 31.7 Å². The number of carboxylic acids is 1. The highest BCUT2D eigenvalue weighted by Gasteiger charge is 2.24. The Morgan fingerprint density at radius 2 is 2.00 bits per heavy atom. The van der Waals surface area contributed by atoms with Gasteiger partial charge in [-0.05, 0) is 48.9 Å². The van der Waals surface area contributed by atoms with E-state index in [0.717, 1.165) is 30.5 Å². The van der Waals surface area contributed by atoms with Gasteiger partial charge in [0.05, 0.1) is 5.25 Å². The molecule has 0 spiro atoms. The number of anilines is 1. The summed E-state index contributed by atoms with van der Waals surface area (Å²) < 4.78 is 30.8. The number of carbonyl (C=O) groups excluding carboxylic acids is 1. The molecule has 1 aliphatic rings. The predicted molar refractivity (Wildman–Crippen MR) is 88.5 cm³/mol. The number of rotatable bonds is 6. The fourth-order valence-electron chi connectivity index (χ4n) is 2.38. The minimum absolute atomic E-state index is 0.0329. The molecule has 2 rings (SSSR count). The van der Waals surface area contributed by atoms with Crippen molar-refractivity contribution in [3.8, 4) is 0 Å². The molecule has 1 atom stereocenters. The maximum Gasteiger partial charge on any atom is 0.332 e. The zero-order chi connectivity index (χ0) is 17.7. The maximum absolute atomic E-state index is 14.1. The number of nitrogens with one attached hydrogen (secondary N) is 2. The Balaban J connectivity index is 2.07. The van der Waals surface area contributed by atoms with Crippen LogP contribution in [0.15, 0.2) is 23.8 Å². The fourth-order valence-corrected chi connectivity index (χ4v) is 3.44. The van der Waals surface area contributed by atoms with Crippen LogP contribution >= 0.6 is 11.9 Å². The molecule has 1 aromatic carbocycles. The van der Waals surface area contributed by atoms with Gasteiger partial charge >= 0.3 is 5.97 Å². The number of aliphatic carboxylic acids is 1. The molecule has 3 N–H and O–H groups in total. The van der Waals surface area contributed by atoms with Crippen molar-refractivity contribution in [3.63, 3.8) is 0 Å². The second kappa shape index (κ2) is 8.14. The molecule has 0 heterocycles. The number of hydrogen-bond acceptors (Lipinski definition) is 4. The minimum Gasteiger partial charge on any atom is -0.478 e. The molecule has 0 saturated carbocycles. The van der Waals surface area contributed by atoms with Crippen molar-refractivity contribution in [2.45, 2.75) is 38.0 Å². The Morgan fingerprint density at radius 3 is 2.58 bits per heavy atom. The first-order valence-electron chi connectivity index (χ1n) is 7.46. The number of benzene rings is 1. The van der Waals surface area contributed by atoms with Crippen LogP contribution in [0.3, 0.4) is 0 Å². The number of carboxylic acid groups (broad SMARTS) is 1. The van der Waals surface area contributed by atoms with Crippen LogP contribution in [0.5, 0.6) is 0 Å². The third-order valence-electron chi connectivity index (χ3n) is 3.58. The van der Waals surface area contributed by atoms with E-state index in [1.807, 2.05) is 0 Å². The van der Waals surface area contributed by atoms with E-state index in [4.69, 9.17) is 5.11 Å². The second-order valence-electron chi connectivity index (χ2n) is 5.45. The molecule has 0 saturated heterocycles. The van der Waals surface area contributed by atoms with E-state index >= 15 is 0 Å². The van der Waals surface area contributed by atoms with Crippen molar-refractivity contribution in [2.24, 2.45) is 0 Å². The number of allylic oxidation sites excluding steroid dienone is 1. The highest BCUT2D eigenvalue weighted by Crippen LogP contribution is 2.32. The SMILES string of the molecule is CC(=O)NCc1cc(F)c(NSC2CCCC=C2C(=O)O)c(F)c1. The molecule has 24 heavy (non-hydrogen) atoms. The summed E-state index contributed by atoms with van der Waals surface area (Å²) in [6, 6.07) is 2.27. The smallest absolute Gasteiger partial charge is 0.332 e. The van der Waals surface area contributed by atoms with Crippen molar-refractivity contribution in [2.75, 3.05) is 4.72 Å². The predicted octanol–water partition coefficient (Wildman–Crippen LogP) is 3.22. The van der Waals surface area contributed by atoms with Crippen molar-refractivity contribution in [1.29, 1.82) is 0 Å². The van der Waals surface area contributed by atoms with Gasteiger partial charge in [0.15, 0.2) is 11.6 Å². The van der Waals surface area contributed by atoms with Crippen LogP contribution < -0.4 is 10.0 Å². The van der Waals surface area contributed by atoms with E-state index in [-0.39, 0.29) is 29.0 Å². The van der Waals surface area contributed by atoms with E-state index in [9.17, 15) is 18.4 Å². The molecule has 130 valence electrons. The zero-order valence-electron chi connectivity index (χ0n) is 13.1. The lowest BCUT2D eigenvalue weighted by Crippen LogP contribution is -2.20. The molecule has 0 fully saturated rings. The summed E-state index contributed by atoms with van der Waals surface area (Å²) in [6.45, 7) is 1.35. The van der Waals surface area contributed by atoms with E-state index < -0.39 is 17.6 Å². The zero-order valence-corrected chi connectivity index (χ0v) is 13.9. The van der Waals surface area contributed by atoms with Crippen LogP contribution in [-0.4, -0.2) is 22.2 Å². The lowest BCUT2D eigenvalue weighted by Gasteiger charge is -2.21. The summed E-state index contributed by atoms with van der Waals surface area (Å²) in [5.41, 5.74) is 0.239. The Kier molecular flexibility index (Phi) is 6.19. The molecule has 1 aliphatic carbocycles. The third-order valence-corrected chi connectivity index (χ3v) is 4.67. The van der Waals surface area contributed by atoms with Gasteiger partial charge in [0.2, 0.25) is 5.91 Å². The number of hydrogen-bond donors (Lipinski definition) is 3. The maximum atomic E-state index is 14.1. The first kappa shape index (κ1) is 18.3. The van der Waals surface area contributed by atoms with Crippen LogP contribution in [0.2, 0.25) is 0 Å². The van der Waals surface area contributed by atoms with Crippen molar-refractivity contribution in [1.82, 2.24) is 5.32 Å². The van der Waals surface area contributed by atoms with Gasteiger partial charge in [-0.15, -0.1) is 0 Å². The Morgan fingerprint density at radius 1 is 1.33 bits per heavy atom. The summed E-state index contributed by atoms with van der Waals surface area (Å²) in [5, 5.41) is 11.3. The Labute approximate surface area is 142 Å². The first-order chi connectivity index (χ1) is 11.4. The Bertz CT molecular complexity index is 656. The molecular weight excluding hydrogens is 338 g/mol. The van der Waals surface area contributed by atoms with Gasteiger partial charge < -0.3 is 15.1 Å². The molecule has 8 heteroatoms. The highest BCUT2D eigenvalue weighted by atomic mass is 32.2. The summed E-state index contributed by atoms with van der Waals surface area (Å²) in [7, 11) is 0. The topological polar surface area (TPSA) is 78.4 Å². The quantitative estimate of drug-likeness (QED) is 0.682. The minimum atomic E-state index is -1.01. The van der Waals surface area contributed by atoms with E-state index in [0.29, 0.717) is 18.4 Å². The lowest BCUT2D eigenvalue weighted by atomic mass is 9.99. The first-order valence-corrected chi connectivity index (χ1v) is 8.33. The highest BCUT2D eigenvalue weighted by molar-refractivity contribution is 8.01. The van der Waals surface area contributed by atoms with Gasteiger partial charge in [0, 0.05) is 19.0 Å². The summed E-state index contributed by atoms with van der Waals surface area (Å²) in [5.74, 6) is -2.89. The fraction of sp³-hybridized carbons (Fsp3) is 0.375. The van der Waals surface area contributed by atoms with Gasteiger partial charge in [-0.3, -0.25) is 4.79 Å². The Hall–Kier alpha value is -2.09. The monoisotopic (exact) mass is 356 g/mol.